The van der Waals surface area contributed by atoms with E-state index in [2.05, 4.69) is 32.6 Å². The van der Waals surface area contributed by atoms with Crippen LogP contribution in [0.3, 0.4) is 0 Å². The fraction of sp³-hybridized carbons (Fsp3) is 0.917. The van der Waals surface area contributed by atoms with Crippen molar-refractivity contribution in [3.8, 4) is 11.8 Å². The van der Waals surface area contributed by atoms with Gasteiger partial charge in [0.05, 0.1) is 6.10 Å². The van der Waals surface area contributed by atoms with Gasteiger partial charge in [0.2, 0.25) is 0 Å². The molecule has 2 nitrogen and oxygen atoms in total. The van der Waals surface area contributed by atoms with Gasteiger partial charge in [-0.1, -0.05) is 26.7 Å². The average molecular weight is 359 g/mol. The third kappa shape index (κ3) is 2.68. The van der Waals surface area contributed by atoms with E-state index in [1.54, 1.807) is 0 Å². The summed E-state index contributed by atoms with van der Waals surface area (Å²) in [6, 6.07) is 0. The quantitative estimate of drug-likeness (QED) is 0.654. The molecule has 8 atom stereocenters. The molecule has 0 bridgehead atoms. The molecule has 0 aromatic heterocycles. The van der Waals surface area contributed by atoms with Crippen LogP contribution in [0.4, 0.5) is 0 Å². The van der Waals surface area contributed by atoms with Crippen LogP contribution >= 0.6 is 0 Å². The van der Waals surface area contributed by atoms with Gasteiger partial charge in [-0.2, -0.15) is 0 Å². The fourth-order valence-electron chi connectivity index (χ4n) is 7.95. The summed E-state index contributed by atoms with van der Waals surface area (Å²) in [5.41, 5.74) is 0.0986. The molecule has 0 aromatic carbocycles. The van der Waals surface area contributed by atoms with E-state index >= 15 is 0 Å². The summed E-state index contributed by atoms with van der Waals surface area (Å²) in [5, 5.41) is 11.0. The number of aliphatic hydroxyl groups is 1. The Labute approximate surface area is 160 Å². The molecule has 4 fully saturated rings. The zero-order valence-electron chi connectivity index (χ0n) is 17.3. The lowest BCUT2D eigenvalue weighted by Crippen LogP contribution is -2.56. The highest BCUT2D eigenvalue weighted by atomic mass is 16.5. The molecule has 2 heteroatoms. The highest BCUT2D eigenvalue weighted by molar-refractivity contribution is 5.19. The van der Waals surface area contributed by atoms with Crippen LogP contribution in [0.5, 0.6) is 0 Å². The fourth-order valence-corrected chi connectivity index (χ4v) is 7.95. The molecule has 0 radical (unpaired) electrons. The van der Waals surface area contributed by atoms with Crippen molar-refractivity contribution >= 4 is 0 Å². The molecule has 4 aliphatic rings. The predicted octanol–water partition coefficient (Wildman–Crippen LogP) is 5.19. The summed E-state index contributed by atoms with van der Waals surface area (Å²) in [5.74, 6) is 9.60. The van der Waals surface area contributed by atoms with Gasteiger partial charge in [-0.25, -0.2) is 0 Å². The van der Waals surface area contributed by atoms with E-state index in [1.165, 1.54) is 38.5 Å². The molecule has 26 heavy (non-hydrogen) atoms. The molecule has 0 saturated heterocycles. The summed E-state index contributed by atoms with van der Waals surface area (Å²) < 4.78 is 5.91. The SMILES string of the molecule is CCC#C[C@@]1(O)CC[C@@]2(C)[C@H](CC[C@@H]3[C@@H]2CC[C@]2(C)[C@@H](OC)CC[C@@H]32)C1. The molecule has 0 unspecified atom stereocenters. The van der Waals surface area contributed by atoms with Crippen LogP contribution in [-0.2, 0) is 4.74 Å². The number of ether oxygens (including phenoxy) is 1. The topological polar surface area (TPSA) is 29.5 Å². The normalized spacial score (nSPS) is 53.0. The van der Waals surface area contributed by atoms with Crippen LogP contribution in [0.2, 0.25) is 0 Å². The van der Waals surface area contributed by atoms with Gasteiger partial charge in [-0.05, 0) is 92.3 Å². The molecule has 1 N–H and O–H groups in total. The lowest BCUT2D eigenvalue weighted by molar-refractivity contribution is -0.146. The lowest BCUT2D eigenvalue weighted by Gasteiger charge is -2.61. The van der Waals surface area contributed by atoms with Gasteiger partial charge in [0, 0.05) is 13.5 Å². The number of rotatable bonds is 1. The van der Waals surface area contributed by atoms with E-state index in [0.717, 1.165) is 43.4 Å². The predicted molar refractivity (Wildman–Crippen MR) is 106 cm³/mol. The summed E-state index contributed by atoms with van der Waals surface area (Å²) >= 11 is 0. The second-order valence-electron chi connectivity index (χ2n) is 10.4. The second-order valence-corrected chi connectivity index (χ2v) is 10.4. The minimum atomic E-state index is -0.718. The van der Waals surface area contributed by atoms with Crippen LogP contribution in [-0.4, -0.2) is 23.9 Å². The first-order valence-electron chi connectivity index (χ1n) is 11.1. The minimum Gasteiger partial charge on any atom is -0.381 e. The van der Waals surface area contributed by atoms with E-state index < -0.39 is 5.60 Å². The van der Waals surface area contributed by atoms with Gasteiger partial charge in [-0.15, -0.1) is 5.92 Å². The molecule has 0 aromatic rings. The van der Waals surface area contributed by atoms with E-state index in [1.807, 2.05) is 7.11 Å². The van der Waals surface area contributed by atoms with Crippen molar-refractivity contribution in [1.82, 2.24) is 0 Å². The molecule has 4 saturated carbocycles. The molecular formula is C24H38O2. The van der Waals surface area contributed by atoms with E-state index in [0.29, 0.717) is 22.9 Å². The monoisotopic (exact) mass is 358 g/mol. The van der Waals surface area contributed by atoms with Crippen molar-refractivity contribution in [1.29, 1.82) is 0 Å². The third-order valence-corrected chi connectivity index (χ3v) is 9.42. The first kappa shape index (κ1) is 18.8. The van der Waals surface area contributed by atoms with Gasteiger partial charge >= 0.3 is 0 Å². The Morgan fingerprint density at radius 2 is 1.73 bits per heavy atom. The van der Waals surface area contributed by atoms with Crippen LogP contribution in [0.25, 0.3) is 0 Å². The van der Waals surface area contributed by atoms with Crippen molar-refractivity contribution in [2.45, 2.75) is 96.7 Å². The molecular weight excluding hydrogens is 320 g/mol. The minimum absolute atomic E-state index is 0.404. The first-order valence-corrected chi connectivity index (χ1v) is 11.1. The summed E-state index contributed by atoms with van der Waals surface area (Å²) in [4.78, 5) is 0. The van der Waals surface area contributed by atoms with Gasteiger partial charge < -0.3 is 9.84 Å². The van der Waals surface area contributed by atoms with E-state index in [4.69, 9.17) is 4.74 Å². The molecule has 4 aliphatic carbocycles. The Balaban J connectivity index is 1.56. The zero-order chi connectivity index (χ0) is 18.6. The molecule has 0 spiro atoms. The Kier molecular flexibility index (Phi) is 4.72. The summed E-state index contributed by atoms with van der Waals surface area (Å²) in [7, 11) is 1.92. The third-order valence-electron chi connectivity index (χ3n) is 9.42. The number of hydrogen-bond acceptors (Lipinski definition) is 2. The van der Waals surface area contributed by atoms with Gasteiger partial charge in [0.25, 0.3) is 0 Å². The maximum Gasteiger partial charge on any atom is 0.125 e. The summed E-state index contributed by atoms with van der Waals surface area (Å²) in [6.07, 6.45) is 12.2. The smallest absolute Gasteiger partial charge is 0.125 e. The molecule has 0 amide bonds. The largest absolute Gasteiger partial charge is 0.381 e. The van der Waals surface area contributed by atoms with Gasteiger partial charge in [-0.3, -0.25) is 0 Å². The molecule has 4 rings (SSSR count). The maximum atomic E-state index is 11.0. The van der Waals surface area contributed by atoms with Crippen molar-refractivity contribution in [2.24, 2.45) is 34.5 Å². The van der Waals surface area contributed by atoms with E-state index in [9.17, 15) is 5.11 Å². The van der Waals surface area contributed by atoms with Crippen molar-refractivity contribution in [3.05, 3.63) is 0 Å². The van der Waals surface area contributed by atoms with Gasteiger partial charge in [0.15, 0.2) is 0 Å². The first-order chi connectivity index (χ1) is 12.4. The van der Waals surface area contributed by atoms with Crippen molar-refractivity contribution in [2.75, 3.05) is 7.11 Å². The van der Waals surface area contributed by atoms with Crippen LogP contribution in [0, 0.1) is 46.3 Å². The van der Waals surface area contributed by atoms with Crippen molar-refractivity contribution < 1.29 is 9.84 Å². The average Bonchev–Trinajstić information content (AvgIpc) is 2.97. The maximum absolute atomic E-state index is 11.0. The number of hydrogen-bond donors (Lipinski definition) is 1. The lowest BCUT2D eigenvalue weighted by atomic mass is 9.44. The Morgan fingerprint density at radius 3 is 2.46 bits per heavy atom. The van der Waals surface area contributed by atoms with Crippen LogP contribution in [0.15, 0.2) is 0 Å². The second kappa shape index (κ2) is 6.52. The van der Waals surface area contributed by atoms with Gasteiger partial charge in [0.1, 0.15) is 5.60 Å². The molecule has 0 aliphatic heterocycles. The Morgan fingerprint density at radius 1 is 0.962 bits per heavy atom. The summed E-state index contributed by atoms with van der Waals surface area (Å²) in [6.45, 7) is 7.15. The number of fused-ring (bicyclic) bond motifs is 5. The van der Waals surface area contributed by atoms with E-state index in [-0.39, 0.29) is 0 Å². The highest BCUT2D eigenvalue weighted by Crippen LogP contribution is 2.67. The zero-order valence-corrected chi connectivity index (χ0v) is 17.3. The van der Waals surface area contributed by atoms with Crippen LogP contribution < -0.4 is 0 Å². The Bertz CT molecular complexity index is 603. The highest BCUT2D eigenvalue weighted by Gasteiger charge is 2.61. The Hall–Kier alpha value is -0.520. The molecule has 146 valence electrons. The standard InChI is InChI=1S/C24H38O2/c1-5-6-12-24(25)15-14-22(2)17(16-24)7-8-18-19-9-10-21(26-4)23(19,3)13-11-20(18)22/h17-21,25H,5,7-11,13-16H2,1-4H3/t17-,18+,19+,20+,21+,22+,23+,24-/m1/s1. The van der Waals surface area contributed by atoms with Crippen LogP contribution in [0.1, 0.15) is 85.0 Å². The molecule has 0 heterocycles. The van der Waals surface area contributed by atoms with Crippen molar-refractivity contribution in [3.63, 3.8) is 0 Å². The number of methoxy groups -OCH3 is 1.